The summed E-state index contributed by atoms with van der Waals surface area (Å²) in [6.45, 7) is 6.00. The first kappa shape index (κ1) is 32.7. The number of amides is 1. The third kappa shape index (κ3) is 11.3. The van der Waals surface area contributed by atoms with Gasteiger partial charge in [0.05, 0.1) is 22.7 Å². The molecule has 2 aromatic carbocycles. The molecule has 0 bridgehead atoms. The molecule has 1 N–H and O–H groups in total. The molecule has 0 radical (unpaired) electrons. The minimum absolute atomic E-state index is 0. The number of sulfonamides is 1. The monoisotopic (exact) mass is 638 g/mol. The Kier molecular flexibility index (Phi) is 15.4. The van der Waals surface area contributed by atoms with Gasteiger partial charge in [0, 0.05) is 18.0 Å². The van der Waals surface area contributed by atoms with Crippen molar-refractivity contribution in [2.24, 2.45) is 5.92 Å². The van der Waals surface area contributed by atoms with Crippen molar-refractivity contribution in [2.45, 2.75) is 55.9 Å². The smallest absolute Gasteiger partial charge is 0.548 e. The Bertz CT molecular complexity index is 1030. The summed E-state index contributed by atoms with van der Waals surface area (Å²) in [5.74, 6) is -1.29. The van der Waals surface area contributed by atoms with Crippen LogP contribution in [0.4, 0.5) is 0 Å². The number of thioether (sulfide) groups is 1. The molecule has 35 heavy (non-hydrogen) atoms. The Labute approximate surface area is 272 Å². The van der Waals surface area contributed by atoms with Crippen LogP contribution in [0.3, 0.4) is 0 Å². The Hall–Kier alpha value is -0.308. The van der Waals surface area contributed by atoms with Gasteiger partial charge in [-0.1, -0.05) is 49.7 Å². The maximum Gasteiger partial charge on any atom is 1.00 e. The first-order valence-corrected chi connectivity index (χ1v) is 13.8. The van der Waals surface area contributed by atoms with E-state index in [1.807, 2.05) is 51.1 Å². The Balaban J connectivity index is 0.00000612. The standard InChI is InChI=1S/C25H34N2O5S2.Cs/c1-19(2)17-27(34(31,32)22-14-12-20(3)13-15-22)23(25(29)30)11-7-8-16-26-24(28)18-33-21-9-5-4-6-10-21;/h4-6,9-10,12-15,19,23H,7-8,11,16-18H2,1-3H3,(H,26,28)(H,29,30);/q;+1/p-1/t23-;/m0./s1. The molecule has 0 saturated heterocycles. The van der Waals surface area contributed by atoms with Crippen molar-refractivity contribution < 1.29 is 92.0 Å². The van der Waals surface area contributed by atoms with Crippen molar-refractivity contribution in [1.29, 1.82) is 0 Å². The maximum atomic E-state index is 13.3. The zero-order valence-electron chi connectivity index (χ0n) is 20.9. The number of nitrogens with one attached hydrogen (secondary N) is 1. The molecule has 10 heteroatoms. The van der Waals surface area contributed by atoms with E-state index in [9.17, 15) is 23.1 Å². The average Bonchev–Trinajstić information content (AvgIpc) is 2.79. The second kappa shape index (κ2) is 16.5. The van der Waals surface area contributed by atoms with Crippen LogP contribution in [0.2, 0.25) is 0 Å². The van der Waals surface area contributed by atoms with Crippen LogP contribution >= 0.6 is 11.8 Å². The summed E-state index contributed by atoms with van der Waals surface area (Å²) in [5.41, 5.74) is 0.912. The van der Waals surface area contributed by atoms with Crippen LogP contribution in [0.5, 0.6) is 0 Å². The van der Waals surface area contributed by atoms with E-state index >= 15 is 0 Å². The van der Waals surface area contributed by atoms with Crippen LogP contribution in [-0.4, -0.2) is 49.5 Å². The molecule has 0 unspecified atom stereocenters. The van der Waals surface area contributed by atoms with Gasteiger partial charge in [0.2, 0.25) is 15.9 Å². The number of carboxylic acid groups (broad SMARTS) is 1. The molecule has 186 valence electrons. The minimum Gasteiger partial charge on any atom is -0.548 e. The molecule has 2 rings (SSSR count). The summed E-state index contributed by atoms with van der Waals surface area (Å²) in [5, 5.41) is 14.8. The Morgan fingerprint density at radius 1 is 1.03 bits per heavy atom. The van der Waals surface area contributed by atoms with Crippen molar-refractivity contribution in [2.75, 3.05) is 18.8 Å². The maximum absolute atomic E-state index is 13.3. The largest absolute Gasteiger partial charge is 1.00 e. The quantitative estimate of drug-likeness (QED) is 0.228. The van der Waals surface area contributed by atoms with Gasteiger partial charge in [0.15, 0.2) is 0 Å². The van der Waals surface area contributed by atoms with E-state index < -0.39 is 22.0 Å². The molecule has 0 fully saturated rings. The first-order chi connectivity index (χ1) is 16.1. The number of rotatable bonds is 14. The average molecular weight is 639 g/mol. The van der Waals surface area contributed by atoms with Crippen molar-refractivity contribution in [3.63, 3.8) is 0 Å². The van der Waals surface area contributed by atoms with E-state index in [4.69, 9.17) is 0 Å². The third-order valence-corrected chi connectivity index (χ3v) is 8.03. The number of aliphatic carboxylic acids is 1. The zero-order chi connectivity index (χ0) is 25.1. The summed E-state index contributed by atoms with van der Waals surface area (Å²) in [6, 6.07) is 14.7. The van der Waals surface area contributed by atoms with Gasteiger partial charge in [-0.05, 0) is 56.4 Å². The number of unbranched alkanes of at least 4 members (excludes halogenated alkanes) is 1. The van der Waals surface area contributed by atoms with Crippen LogP contribution < -0.4 is 79.3 Å². The fourth-order valence-electron chi connectivity index (χ4n) is 3.38. The summed E-state index contributed by atoms with van der Waals surface area (Å²) in [4.78, 5) is 25.1. The minimum atomic E-state index is -4.01. The molecular formula is C25H33CsN2O5S2. The van der Waals surface area contributed by atoms with Crippen LogP contribution in [0.25, 0.3) is 0 Å². The molecule has 7 nitrogen and oxygen atoms in total. The molecule has 1 amide bonds. The summed E-state index contributed by atoms with van der Waals surface area (Å²) in [7, 11) is -4.01. The fourth-order valence-corrected chi connectivity index (χ4v) is 5.91. The van der Waals surface area contributed by atoms with Crippen LogP contribution in [0.1, 0.15) is 38.7 Å². The summed E-state index contributed by atoms with van der Waals surface area (Å²) in [6.07, 6.45) is 1.07. The van der Waals surface area contributed by atoms with E-state index in [1.54, 1.807) is 12.1 Å². The first-order valence-electron chi connectivity index (χ1n) is 11.3. The predicted molar refractivity (Wildman–Crippen MR) is 133 cm³/mol. The molecule has 0 heterocycles. The van der Waals surface area contributed by atoms with Gasteiger partial charge >= 0.3 is 68.9 Å². The van der Waals surface area contributed by atoms with Gasteiger partial charge in [-0.15, -0.1) is 11.8 Å². The van der Waals surface area contributed by atoms with Gasteiger partial charge in [-0.3, -0.25) is 4.79 Å². The molecule has 0 aliphatic heterocycles. The van der Waals surface area contributed by atoms with E-state index in [0.29, 0.717) is 25.1 Å². The second-order valence-corrected chi connectivity index (χ2v) is 11.5. The second-order valence-electron chi connectivity index (χ2n) is 8.56. The number of benzene rings is 2. The Morgan fingerprint density at radius 3 is 2.23 bits per heavy atom. The van der Waals surface area contributed by atoms with Crippen LogP contribution in [-0.2, 0) is 19.6 Å². The number of carbonyl (C=O) groups excluding carboxylic acids is 2. The van der Waals surface area contributed by atoms with Crippen molar-refractivity contribution >= 4 is 33.7 Å². The third-order valence-electron chi connectivity index (χ3n) is 5.13. The SMILES string of the molecule is Cc1ccc(S(=O)(=O)N(CC(C)C)[C@@H](CCCCNC(=O)CSc2ccccc2)C(=O)[O-])cc1.[Cs+]. The van der Waals surface area contributed by atoms with Crippen molar-refractivity contribution in [3.8, 4) is 0 Å². The molecule has 0 aromatic heterocycles. The van der Waals surface area contributed by atoms with Gasteiger partial charge in [0.25, 0.3) is 0 Å². The molecule has 0 aliphatic carbocycles. The molecule has 0 aliphatic rings. The fraction of sp³-hybridized carbons (Fsp3) is 0.440. The molecule has 0 spiro atoms. The number of nitrogens with zero attached hydrogens (tertiary/aromatic N) is 1. The molecule has 0 saturated carbocycles. The van der Waals surface area contributed by atoms with Gasteiger partial charge < -0.3 is 15.2 Å². The van der Waals surface area contributed by atoms with E-state index in [0.717, 1.165) is 14.8 Å². The van der Waals surface area contributed by atoms with Crippen LogP contribution in [0, 0.1) is 12.8 Å². The van der Waals surface area contributed by atoms with Crippen molar-refractivity contribution in [3.05, 3.63) is 60.2 Å². The van der Waals surface area contributed by atoms with Crippen molar-refractivity contribution in [1.82, 2.24) is 9.62 Å². The Morgan fingerprint density at radius 2 is 1.66 bits per heavy atom. The van der Waals surface area contributed by atoms with Gasteiger partial charge in [-0.2, -0.15) is 4.31 Å². The predicted octanol–water partition coefficient (Wildman–Crippen LogP) is -0.157. The summed E-state index contributed by atoms with van der Waals surface area (Å²) < 4.78 is 27.6. The number of aryl methyl sites for hydroxylation is 1. The van der Waals surface area contributed by atoms with E-state index in [1.165, 1.54) is 23.9 Å². The van der Waals surface area contributed by atoms with Crippen LogP contribution in [0.15, 0.2) is 64.4 Å². The number of hydrogen-bond donors (Lipinski definition) is 1. The topological polar surface area (TPSA) is 107 Å². The number of hydrogen-bond acceptors (Lipinski definition) is 6. The van der Waals surface area contributed by atoms with Gasteiger partial charge in [-0.25, -0.2) is 8.42 Å². The van der Waals surface area contributed by atoms with E-state index in [2.05, 4.69) is 5.32 Å². The zero-order valence-corrected chi connectivity index (χ0v) is 28.8. The molecule has 2 aromatic rings. The number of carboxylic acids is 1. The molecular weight excluding hydrogens is 605 g/mol. The summed E-state index contributed by atoms with van der Waals surface area (Å²) >= 11 is 1.44. The normalized spacial score (nSPS) is 12.3. The number of carbonyl (C=O) groups is 2. The van der Waals surface area contributed by atoms with E-state index in [-0.39, 0.29) is 98.6 Å². The molecule has 1 atom stereocenters. The van der Waals surface area contributed by atoms with Gasteiger partial charge in [0.1, 0.15) is 0 Å².